The number of aryl methyl sites for hydroxylation is 1. The Hall–Kier alpha value is -2.57. The molecule has 0 radical (unpaired) electrons. The van der Waals surface area contributed by atoms with Crippen molar-refractivity contribution in [2.24, 2.45) is 5.73 Å². The molecule has 0 fully saturated rings. The average molecular weight is 392 g/mol. The van der Waals surface area contributed by atoms with Gasteiger partial charge in [-0.25, -0.2) is 0 Å². The van der Waals surface area contributed by atoms with Gasteiger partial charge < -0.3 is 21.1 Å². The Balaban J connectivity index is 0.00000364. The van der Waals surface area contributed by atoms with Crippen molar-refractivity contribution in [3.63, 3.8) is 0 Å². The predicted molar refractivity (Wildman–Crippen MR) is 109 cm³/mol. The highest BCUT2D eigenvalue weighted by molar-refractivity contribution is 5.91. The quantitative estimate of drug-likeness (QED) is 0.612. The summed E-state index contributed by atoms with van der Waals surface area (Å²) >= 11 is 0. The Morgan fingerprint density at radius 1 is 1.07 bits per heavy atom. The summed E-state index contributed by atoms with van der Waals surface area (Å²) in [5, 5.41) is 5.61. The van der Waals surface area contributed by atoms with Crippen molar-refractivity contribution in [1.82, 2.24) is 5.32 Å². The predicted octanol–water partition coefficient (Wildman–Crippen LogP) is 2.44. The van der Waals surface area contributed by atoms with Crippen molar-refractivity contribution in [2.75, 3.05) is 25.0 Å². The summed E-state index contributed by atoms with van der Waals surface area (Å²) < 4.78 is 5.50. The van der Waals surface area contributed by atoms with Crippen LogP contribution in [0.15, 0.2) is 48.5 Å². The first-order valence-corrected chi connectivity index (χ1v) is 8.62. The minimum atomic E-state index is -0.206. The van der Waals surface area contributed by atoms with Gasteiger partial charge in [0.15, 0.2) is 6.61 Å². The largest absolute Gasteiger partial charge is 0.484 e. The number of hydrogen-bond acceptors (Lipinski definition) is 4. The second-order valence-electron chi connectivity index (χ2n) is 5.99. The number of anilines is 1. The monoisotopic (exact) mass is 391 g/mol. The van der Waals surface area contributed by atoms with Gasteiger partial charge in [0.25, 0.3) is 5.91 Å². The van der Waals surface area contributed by atoms with Crippen LogP contribution >= 0.6 is 12.4 Å². The Morgan fingerprint density at radius 3 is 2.48 bits per heavy atom. The lowest BCUT2D eigenvalue weighted by Gasteiger charge is -2.09. The van der Waals surface area contributed by atoms with Gasteiger partial charge >= 0.3 is 0 Å². The summed E-state index contributed by atoms with van der Waals surface area (Å²) in [6.45, 7) is 2.84. The van der Waals surface area contributed by atoms with Crippen LogP contribution in [-0.4, -0.2) is 31.5 Å². The van der Waals surface area contributed by atoms with E-state index in [4.69, 9.17) is 10.5 Å². The van der Waals surface area contributed by atoms with Gasteiger partial charge in [-0.05, 0) is 48.7 Å². The second kappa shape index (κ2) is 11.9. The lowest BCUT2D eigenvalue weighted by atomic mass is 10.1. The van der Waals surface area contributed by atoms with Gasteiger partial charge in [0, 0.05) is 25.2 Å². The first-order chi connectivity index (χ1) is 12.6. The summed E-state index contributed by atoms with van der Waals surface area (Å²) in [4.78, 5) is 23.3. The lowest BCUT2D eigenvalue weighted by Crippen LogP contribution is -2.27. The molecular formula is C20H26ClN3O3. The number of carbonyl (C=O) groups is 2. The molecule has 0 aliphatic rings. The molecule has 27 heavy (non-hydrogen) atoms. The van der Waals surface area contributed by atoms with Crippen LogP contribution < -0.4 is 21.1 Å². The van der Waals surface area contributed by atoms with E-state index in [0.717, 1.165) is 23.2 Å². The van der Waals surface area contributed by atoms with E-state index >= 15 is 0 Å². The zero-order valence-corrected chi connectivity index (χ0v) is 16.2. The molecule has 0 bridgehead atoms. The molecule has 6 nitrogen and oxygen atoms in total. The highest BCUT2D eigenvalue weighted by Gasteiger charge is 2.04. The minimum Gasteiger partial charge on any atom is -0.484 e. The van der Waals surface area contributed by atoms with Crippen LogP contribution in [0.25, 0.3) is 0 Å². The van der Waals surface area contributed by atoms with Crippen molar-refractivity contribution in [3.05, 3.63) is 59.7 Å². The summed E-state index contributed by atoms with van der Waals surface area (Å²) in [6, 6.07) is 15.1. The molecule has 7 heteroatoms. The van der Waals surface area contributed by atoms with Gasteiger partial charge in [-0.15, -0.1) is 12.4 Å². The second-order valence-corrected chi connectivity index (χ2v) is 5.99. The summed E-state index contributed by atoms with van der Waals surface area (Å²) in [5.41, 5.74) is 8.24. The van der Waals surface area contributed by atoms with E-state index in [0.29, 0.717) is 25.3 Å². The molecule has 0 aliphatic carbocycles. The molecule has 2 aromatic rings. The number of carbonyl (C=O) groups excluding carboxylic acids is 2. The molecule has 0 saturated carbocycles. The lowest BCUT2D eigenvalue weighted by molar-refractivity contribution is -0.121. The van der Waals surface area contributed by atoms with Gasteiger partial charge in [0.2, 0.25) is 5.91 Å². The van der Waals surface area contributed by atoms with E-state index in [1.54, 1.807) is 0 Å². The van der Waals surface area contributed by atoms with Crippen molar-refractivity contribution in [1.29, 1.82) is 0 Å². The third kappa shape index (κ3) is 8.57. The normalized spacial score (nSPS) is 9.85. The van der Waals surface area contributed by atoms with Crippen LogP contribution in [0.1, 0.15) is 17.5 Å². The fourth-order valence-corrected chi connectivity index (χ4v) is 2.39. The van der Waals surface area contributed by atoms with E-state index in [1.807, 2.05) is 55.5 Å². The van der Waals surface area contributed by atoms with E-state index in [1.165, 1.54) is 0 Å². The van der Waals surface area contributed by atoms with E-state index in [9.17, 15) is 9.59 Å². The molecule has 0 atom stereocenters. The van der Waals surface area contributed by atoms with E-state index in [2.05, 4.69) is 10.6 Å². The molecular weight excluding hydrogens is 366 g/mol. The number of nitrogens with two attached hydrogens (primary N) is 1. The smallest absolute Gasteiger partial charge is 0.262 e. The third-order valence-electron chi connectivity index (χ3n) is 3.70. The zero-order chi connectivity index (χ0) is 18.8. The van der Waals surface area contributed by atoms with Crippen LogP contribution in [-0.2, 0) is 16.0 Å². The Kier molecular flexibility index (Phi) is 9.93. The molecule has 0 unspecified atom stereocenters. The van der Waals surface area contributed by atoms with Crippen molar-refractivity contribution >= 4 is 29.9 Å². The fraction of sp³-hybridized carbons (Fsp3) is 0.300. The number of ether oxygens (including phenoxy) is 1. The maximum atomic E-state index is 11.9. The number of nitrogens with one attached hydrogen (secondary N) is 2. The third-order valence-corrected chi connectivity index (χ3v) is 3.70. The van der Waals surface area contributed by atoms with Crippen LogP contribution in [0.3, 0.4) is 0 Å². The summed E-state index contributed by atoms with van der Waals surface area (Å²) in [5.74, 6) is 0.384. The maximum absolute atomic E-state index is 11.9. The van der Waals surface area contributed by atoms with Crippen LogP contribution in [0.5, 0.6) is 5.75 Å². The Morgan fingerprint density at radius 2 is 1.81 bits per heavy atom. The van der Waals surface area contributed by atoms with Gasteiger partial charge in [-0.1, -0.05) is 24.3 Å². The van der Waals surface area contributed by atoms with Gasteiger partial charge in [-0.3, -0.25) is 9.59 Å². The molecule has 2 aromatic carbocycles. The maximum Gasteiger partial charge on any atom is 0.262 e. The highest BCUT2D eigenvalue weighted by Crippen LogP contribution is 2.13. The van der Waals surface area contributed by atoms with Crippen LogP contribution in [0.2, 0.25) is 0 Å². The molecule has 0 aromatic heterocycles. The van der Waals surface area contributed by atoms with Crippen molar-refractivity contribution in [3.8, 4) is 5.75 Å². The van der Waals surface area contributed by atoms with Crippen LogP contribution in [0.4, 0.5) is 5.69 Å². The molecule has 4 N–H and O–H groups in total. The van der Waals surface area contributed by atoms with Gasteiger partial charge in [0.05, 0.1) is 0 Å². The van der Waals surface area contributed by atoms with Crippen LogP contribution in [0, 0.1) is 6.92 Å². The SMILES string of the molecule is Cc1cccc(NC(=O)COc2ccc(CCNC(=O)CCN)cc2)c1.Cl. The minimum absolute atomic E-state index is 0. The number of rotatable bonds is 9. The van der Waals surface area contributed by atoms with Crippen molar-refractivity contribution < 1.29 is 14.3 Å². The van der Waals surface area contributed by atoms with Gasteiger partial charge in [0.1, 0.15) is 5.75 Å². The number of halogens is 1. The summed E-state index contributed by atoms with van der Waals surface area (Å²) in [7, 11) is 0. The standard InChI is InChI=1S/C20H25N3O3.ClH/c1-15-3-2-4-17(13-15)23-20(25)14-26-18-7-5-16(6-8-18)10-12-22-19(24)9-11-21;/h2-8,13H,9-12,14,21H2,1H3,(H,22,24)(H,23,25);1H. The molecule has 2 rings (SSSR count). The Labute approximate surface area is 165 Å². The number of benzene rings is 2. The first-order valence-electron chi connectivity index (χ1n) is 8.62. The molecule has 0 heterocycles. The molecule has 0 saturated heterocycles. The topological polar surface area (TPSA) is 93.5 Å². The molecule has 0 aliphatic heterocycles. The zero-order valence-electron chi connectivity index (χ0n) is 15.4. The molecule has 146 valence electrons. The molecule has 2 amide bonds. The highest BCUT2D eigenvalue weighted by atomic mass is 35.5. The van der Waals surface area contributed by atoms with Gasteiger partial charge in [-0.2, -0.15) is 0 Å². The Bertz CT molecular complexity index is 736. The number of amides is 2. The first kappa shape index (κ1) is 22.5. The van der Waals surface area contributed by atoms with Crippen molar-refractivity contribution in [2.45, 2.75) is 19.8 Å². The summed E-state index contributed by atoms with van der Waals surface area (Å²) in [6.07, 6.45) is 1.07. The number of hydrogen-bond donors (Lipinski definition) is 3. The van der Waals surface area contributed by atoms with E-state index < -0.39 is 0 Å². The molecule has 0 spiro atoms. The average Bonchev–Trinajstić information content (AvgIpc) is 2.61. The van der Waals surface area contributed by atoms with E-state index in [-0.39, 0.29) is 30.8 Å². The fourth-order valence-electron chi connectivity index (χ4n) is 2.39.